The molecule has 3 rings (SSSR count). The number of hydrogen-bond donors (Lipinski definition) is 2. The second kappa shape index (κ2) is 11.4. The van der Waals surface area contributed by atoms with Gasteiger partial charge in [-0.15, -0.1) is 0 Å². The van der Waals surface area contributed by atoms with E-state index in [1.807, 2.05) is 4.90 Å². The van der Waals surface area contributed by atoms with Crippen molar-refractivity contribution in [3.8, 4) is 0 Å². The highest BCUT2D eigenvalue weighted by Gasteiger charge is 2.35. The van der Waals surface area contributed by atoms with Crippen molar-refractivity contribution in [1.29, 1.82) is 0 Å². The third-order valence-corrected chi connectivity index (χ3v) is 7.32. The molecule has 2 atom stereocenters. The number of aromatic amines is 1. The van der Waals surface area contributed by atoms with Crippen LogP contribution < -0.4 is 10.2 Å². The summed E-state index contributed by atoms with van der Waals surface area (Å²) in [7, 11) is 1.55. The molecule has 13 heteroatoms. The Labute approximate surface area is 210 Å². The number of piperidine rings is 1. The number of amides is 1. The fourth-order valence-electron chi connectivity index (χ4n) is 3.58. The number of carbonyl (C=O) groups excluding carboxylic acids is 3. The number of rotatable bonds is 8. The van der Waals surface area contributed by atoms with Crippen LogP contribution in [-0.2, 0) is 14.2 Å². The average Bonchev–Trinajstić information content (AvgIpc) is 3.37. The number of H-pyrrole nitrogens is 1. The van der Waals surface area contributed by atoms with Gasteiger partial charge in [0, 0.05) is 25.9 Å². The average molecular weight is 533 g/mol. The summed E-state index contributed by atoms with van der Waals surface area (Å²) in [6, 6.07) is -0.304. The summed E-state index contributed by atoms with van der Waals surface area (Å²) < 4.78 is 15.7. The Morgan fingerprint density at radius 2 is 1.85 bits per heavy atom. The van der Waals surface area contributed by atoms with Crippen LogP contribution in [0.1, 0.15) is 56.6 Å². The molecule has 34 heavy (non-hydrogen) atoms. The largest absolute Gasteiger partial charge is 0.462 e. The van der Waals surface area contributed by atoms with Gasteiger partial charge in [-0.2, -0.15) is 0 Å². The number of nitrogens with zero attached hydrogens (tertiary/aromatic N) is 2. The zero-order chi connectivity index (χ0) is 25.0. The van der Waals surface area contributed by atoms with Crippen LogP contribution in [0.4, 0.5) is 5.13 Å². The van der Waals surface area contributed by atoms with Crippen molar-refractivity contribution in [2.75, 3.05) is 38.3 Å². The fourth-order valence-corrected chi connectivity index (χ4v) is 4.98. The smallest absolute Gasteiger partial charge is 0.358 e. The van der Waals surface area contributed by atoms with E-state index in [1.54, 1.807) is 27.9 Å². The molecule has 1 aliphatic heterocycles. The number of hydrogen-bond acceptors (Lipinski definition) is 9. The van der Waals surface area contributed by atoms with Gasteiger partial charge in [0.1, 0.15) is 10.6 Å². The van der Waals surface area contributed by atoms with Gasteiger partial charge < -0.3 is 29.4 Å². The molecule has 10 nitrogen and oxygen atoms in total. The lowest BCUT2D eigenvalue weighted by Crippen LogP contribution is -2.55. The van der Waals surface area contributed by atoms with E-state index in [0.29, 0.717) is 35.4 Å². The maximum atomic E-state index is 12.8. The van der Waals surface area contributed by atoms with Gasteiger partial charge in [-0.3, -0.25) is 4.79 Å². The molecule has 1 fully saturated rings. The van der Waals surface area contributed by atoms with Crippen LogP contribution >= 0.6 is 34.5 Å². The SMILES string of the molecule is CCOC(=O)c1nc(N2CCC(NC(=O)c3[nH]c(C)c(Cl)c3Cl)C(OC)C2)sc1C(=O)OCC. The number of aromatic nitrogens is 2. The predicted molar refractivity (Wildman–Crippen MR) is 128 cm³/mol. The molecule has 2 unspecified atom stereocenters. The lowest BCUT2D eigenvalue weighted by atomic mass is 10.0. The van der Waals surface area contributed by atoms with E-state index in [-0.39, 0.29) is 52.6 Å². The van der Waals surface area contributed by atoms with Gasteiger partial charge >= 0.3 is 11.9 Å². The Balaban J connectivity index is 1.77. The van der Waals surface area contributed by atoms with Crippen molar-refractivity contribution in [1.82, 2.24) is 15.3 Å². The summed E-state index contributed by atoms with van der Waals surface area (Å²) in [5, 5.41) is 3.89. The number of anilines is 1. The maximum Gasteiger partial charge on any atom is 0.358 e. The first kappa shape index (κ1) is 26.3. The number of methoxy groups -OCH3 is 1. The molecule has 0 saturated carbocycles. The van der Waals surface area contributed by atoms with E-state index >= 15 is 0 Å². The molecular formula is C21H26Cl2N4O6S. The van der Waals surface area contributed by atoms with E-state index in [9.17, 15) is 14.4 Å². The third kappa shape index (κ3) is 5.48. The number of nitrogens with one attached hydrogen (secondary N) is 2. The highest BCUT2D eigenvalue weighted by Crippen LogP contribution is 2.32. The van der Waals surface area contributed by atoms with Crippen LogP contribution in [0.5, 0.6) is 0 Å². The molecule has 1 saturated heterocycles. The number of ether oxygens (including phenoxy) is 3. The van der Waals surface area contributed by atoms with Gasteiger partial charge in [-0.25, -0.2) is 14.6 Å². The number of halogens is 2. The van der Waals surface area contributed by atoms with Gasteiger partial charge in [0.05, 0.1) is 35.4 Å². The molecule has 0 bridgehead atoms. The van der Waals surface area contributed by atoms with E-state index in [0.717, 1.165) is 11.3 Å². The van der Waals surface area contributed by atoms with Gasteiger partial charge in [0.15, 0.2) is 10.8 Å². The zero-order valence-corrected chi connectivity index (χ0v) is 21.5. The van der Waals surface area contributed by atoms with E-state index in [2.05, 4.69) is 15.3 Å². The summed E-state index contributed by atoms with van der Waals surface area (Å²) in [5.74, 6) is -1.70. The minimum Gasteiger partial charge on any atom is -0.462 e. The van der Waals surface area contributed by atoms with Crippen molar-refractivity contribution in [2.45, 2.75) is 39.3 Å². The Morgan fingerprint density at radius 3 is 2.44 bits per heavy atom. The first-order valence-corrected chi connectivity index (χ1v) is 12.3. The molecule has 0 radical (unpaired) electrons. The molecule has 2 aromatic heterocycles. The quantitative estimate of drug-likeness (QED) is 0.495. The van der Waals surface area contributed by atoms with Crippen LogP contribution in [0.2, 0.25) is 10.0 Å². The van der Waals surface area contributed by atoms with Gasteiger partial charge in [0.25, 0.3) is 5.91 Å². The molecule has 0 aromatic carbocycles. The van der Waals surface area contributed by atoms with Crippen LogP contribution in [0.3, 0.4) is 0 Å². The maximum absolute atomic E-state index is 12.8. The molecule has 0 spiro atoms. The minimum atomic E-state index is -0.685. The number of aryl methyl sites for hydroxylation is 1. The minimum absolute atomic E-state index is 0.0710. The van der Waals surface area contributed by atoms with Crippen LogP contribution in [0, 0.1) is 6.92 Å². The summed E-state index contributed by atoms with van der Waals surface area (Å²) in [5.41, 5.74) is 0.728. The highest BCUT2D eigenvalue weighted by molar-refractivity contribution is 7.17. The summed E-state index contributed by atoms with van der Waals surface area (Å²) in [6.45, 7) is 6.28. The lowest BCUT2D eigenvalue weighted by Gasteiger charge is -2.37. The Bertz CT molecular complexity index is 1040. The molecule has 3 heterocycles. The van der Waals surface area contributed by atoms with E-state index < -0.39 is 11.9 Å². The summed E-state index contributed by atoms with van der Waals surface area (Å²) in [4.78, 5) is 46.8. The third-order valence-electron chi connectivity index (χ3n) is 5.28. The van der Waals surface area contributed by atoms with Gasteiger partial charge in [-0.1, -0.05) is 34.5 Å². The topological polar surface area (TPSA) is 123 Å². The summed E-state index contributed by atoms with van der Waals surface area (Å²) in [6.07, 6.45) is 0.141. The van der Waals surface area contributed by atoms with Crippen LogP contribution in [-0.4, -0.2) is 73.4 Å². The Hall–Kier alpha value is -2.34. The molecular weight excluding hydrogens is 507 g/mol. The molecule has 2 aromatic rings. The van der Waals surface area contributed by atoms with Crippen molar-refractivity contribution >= 4 is 57.5 Å². The Morgan fingerprint density at radius 1 is 1.18 bits per heavy atom. The second-order valence-corrected chi connectivity index (χ2v) is 9.19. The normalized spacial score (nSPS) is 18.0. The highest BCUT2D eigenvalue weighted by atomic mass is 35.5. The van der Waals surface area contributed by atoms with Crippen molar-refractivity contribution in [3.05, 3.63) is 32.0 Å². The van der Waals surface area contributed by atoms with Crippen molar-refractivity contribution in [2.24, 2.45) is 0 Å². The van der Waals surface area contributed by atoms with Crippen molar-refractivity contribution in [3.63, 3.8) is 0 Å². The lowest BCUT2D eigenvalue weighted by molar-refractivity contribution is 0.0478. The molecule has 2 N–H and O–H groups in total. The van der Waals surface area contributed by atoms with E-state index in [4.69, 9.17) is 37.4 Å². The standard InChI is InChI=1S/C21H26Cl2N4O6S/c1-5-32-19(29)16-17(20(30)33-6-2)34-21(26-16)27-8-7-11(12(9-27)31-4)25-18(28)15-14(23)13(22)10(3)24-15/h11-12,24H,5-9H2,1-4H3,(H,25,28). The van der Waals surface area contributed by atoms with E-state index in [1.165, 1.54) is 0 Å². The van der Waals surface area contributed by atoms with Crippen molar-refractivity contribution < 1.29 is 28.6 Å². The first-order chi connectivity index (χ1) is 16.2. The number of thiazole rings is 1. The molecule has 186 valence electrons. The van der Waals surface area contributed by atoms with Gasteiger partial charge in [0.2, 0.25) is 0 Å². The Kier molecular flexibility index (Phi) is 8.80. The van der Waals surface area contributed by atoms with Gasteiger partial charge in [-0.05, 0) is 27.2 Å². The molecule has 0 aliphatic carbocycles. The number of carbonyl (C=O) groups is 3. The summed E-state index contributed by atoms with van der Waals surface area (Å²) >= 11 is 13.3. The molecule has 1 amide bonds. The zero-order valence-electron chi connectivity index (χ0n) is 19.2. The van der Waals surface area contributed by atoms with Crippen LogP contribution in [0.25, 0.3) is 0 Å². The first-order valence-electron chi connectivity index (χ1n) is 10.7. The number of esters is 2. The monoisotopic (exact) mass is 532 g/mol. The van der Waals surface area contributed by atoms with Crippen LogP contribution in [0.15, 0.2) is 0 Å². The predicted octanol–water partition coefficient (Wildman–Crippen LogP) is 3.46. The second-order valence-electron chi connectivity index (χ2n) is 7.46. The molecule has 1 aliphatic rings. The fraction of sp³-hybridized carbons (Fsp3) is 0.524.